The maximum absolute atomic E-state index is 10.0. The number of hydrogen-bond donors (Lipinski definition) is 2. The van der Waals surface area contributed by atoms with Crippen molar-refractivity contribution >= 4 is 17.7 Å². The van der Waals surface area contributed by atoms with Crippen LogP contribution in [0.4, 0.5) is 0 Å². The molecule has 0 radical (unpaired) electrons. The third-order valence-electron chi connectivity index (χ3n) is 1.07. The molecule has 0 aliphatic carbocycles. The molecule has 0 spiro atoms. The summed E-state index contributed by atoms with van der Waals surface area (Å²) in [5.41, 5.74) is 0. The predicted octanol–water partition coefficient (Wildman–Crippen LogP) is 0.575. The van der Waals surface area contributed by atoms with Crippen molar-refractivity contribution < 1.29 is 15.0 Å². The summed E-state index contributed by atoms with van der Waals surface area (Å²) in [5.74, 6) is -0.123. The summed E-state index contributed by atoms with van der Waals surface area (Å²) >= 11 is 1.60. The summed E-state index contributed by atoms with van der Waals surface area (Å²) in [6, 6.07) is 0. The Morgan fingerprint density at radius 2 is 2.30 bits per heavy atom. The molecule has 2 N–H and O–H groups in total. The molecule has 0 heterocycles. The van der Waals surface area contributed by atoms with Crippen molar-refractivity contribution in [2.75, 3.05) is 12.0 Å². The first-order valence-electron chi connectivity index (χ1n) is 3.05. The van der Waals surface area contributed by atoms with E-state index in [1.54, 1.807) is 11.8 Å². The molecular formula is C6H12O3S. The molecule has 0 aliphatic rings. The van der Waals surface area contributed by atoms with E-state index >= 15 is 0 Å². The highest BCUT2D eigenvalue weighted by molar-refractivity contribution is 7.98. The van der Waals surface area contributed by atoms with Crippen LogP contribution in [0.2, 0.25) is 0 Å². The monoisotopic (exact) mass is 164 g/mol. The number of rotatable bonds is 5. The van der Waals surface area contributed by atoms with Crippen LogP contribution in [0.1, 0.15) is 12.8 Å². The van der Waals surface area contributed by atoms with Crippen molar-refractivity contribution in [2.45, 2.75) is 18.9 Å². The minimum Gasteiger partial charge on any atom is -0.481 e. The molecule has 4 heteroatoms. The molecule has 0 amide bonds. The molecule has 0 aromatic heterocycles. The smallest absolute Gasteiger partial charge is 0.305 e. The van der Waals surface area contributed by atoms with E-state index in [4.69, 9.17) is 10.2 Å². The second-order valence-electron chi connectivity index (χ2n) is 2.03. The number of aliphatic hydroxyl groups excluding tert-OH is 1. The quantitative estimate of drug-likeness (QED) is 0.624. The number of thioether (sulfide) groups is 1. The average Bonchev–Trinajstić information content (AvgIpc) is 1.82. The predicted molar refractivity (Wildman–Crippen MR) is 41.3 cm³/mol. The highest BCUT2D eigenvalue weighted by atomic mass is 32.2. The van der Waals surface area contributed by atoms with Crippen LogP contribution in [0.15, 0.2) is 0 Å². The Balaban J connectivity index is 3.25. The molecule has 0 aliphatic heterocycles. The maximum atomic E-state index is 10.0. The van der Waals surface area contributed by atoms with Crippen LogP contribution in [0, 0.1) is 0 Å². The average molecular weight is 164 g/mol. The van der Waals surface area contributed by atoms with Crippen molar-refractivity contribution in [1.82, 2.24) is 0 Å². The van der Waals surface area contributed by atoms with Crippen LogP contribution in [-0.2, 0) is 4.79 Å². The molecule has 0 saturated heterocycles. The second kappa shape index (κ2) is 5.56. The number of hydrogen-bond acceptors (Lipinski definition) is 3. The molecule has 10 heavy (non-hydrogen) atoms. The van der Waals surface area contributed by atoms with Crippen LogP contribution in [0.5, 0.6) is 0 Å². The van der Waals surface area contributed by atoms with Gasteiger partial charge in [0, 0.05) is 0 Å². The van der Waals surface area contributed by atoms with Crippen LogP contribution in [0.3, 0.4) is 0 Å². The lowest BCUT2D eigenvalue weighted by Crippen LogP contribution is -2.13. The SMILES string of the molecule is CSCCC(O)CC(=O)O. The van der Waals surface area contributed by atoms with Gasteiger partial charge in [0.25, 0.3) is 0 Å². The Kier molecular flexibility index (Phi) is 5.43. The summed E-state index contributed by atoms with van der Waals surface area (Å²) in [7, 11) is 0. The molecule has 3 nitrogen and oxygen atoms in total. The molecule has 0 rings (SSSR count). The van der Waals surface area contributed by atoms with Crippen molar-refractivity contribution in [3.05, 3.63) is 0 Å². The van der Waals surface area contributed by atoms with E-state index in [2.05, 4.69) is 0 Å². The van der Waals surface area contributed by atoms with Gasteiger partial charge in [0.05, 0.1) is 12.5 Å². The van der Waals surface area contributed by atoms with Crippen LogP contribution in [0.25, 0.3) is 0 Å². The van der Waals surface area contributed by atoms with Gasteiger partial charge < -0.3 is 10.2 Å². The topological polar surface area (TPSA) is 57.5 Å². The van der Waals surface area contributed by atoms with Crippen LogP contribution in [-0.4, -0.2) is 34.3 Å². The highest BCUT2D eigenvalue weighted by Gasteiger charge is 2.07. The Morgan fingerprint density at radius 1 is 1.70 bits per heavy atom. The maximum Gasteiger partial charge on any atom is 0.305 e. The lowest BCUT2D eigenvalue weighted by Gasteiger charge is -2.04. The van der Waals surface area contributed by atoms with Gasteiger partial charge in [0.2, 0.25) is 0 Å². The van der Waals surface area contributed by atoms with Gasteiger partial charge in [0.15, 0.2) is 0 Å². The Hall–Kier alpha value is -0.220. The zero-order chi connectivity index (χ0) is 7.98. The third kappa shape index (κ3) is 5.91. The standard InChI is InChI=1S/C6H12O3S/c1-10-3-2-5(7)4-6(8)9/h5,7H,2-4H2,1H3,(H,8,9). The molecule has 0 aromatic carbocycles. The van der Waals surface area contributed by atoms with Crippen molar-refractivity contribution in [3.8, 4) is 0 Å². The summed E-state index contributed by atoms with van der Waals surface area (Å²) in [6.45, 7) is 0. The number of carbonyl (C=O) groups is 1. The van der Waals surface area contributed by atoms with E-state index in [9.17, 15) is 4.79 Å². The zero-order valence-electron chi connectivity index (χ0n) is 5.91. The largest absolute Gasteiger partial charge is 0.481 e. The van der Waals surface area contributed by atoms with Gasteiger partial charge in [-0.3, -0.25) is 4.79 Å². The Morgan fingerprint density at radius 3 is 2.70 bits per heavy atom. The van der Waals surface area contributed by atoms with Gasteiger partial charge in [-0.15, -0.1) is 0 Å². The molecule has 0 bridgehead atoms. The minimum absolute atomic E-state index is 0.138. The van der Waals surface area contributed by atoms with Crippen molar-refractivity contribution in [3.63, 3.8) is 0 Å². The second-order valence-corrected chi connectivity index (χ2v) is 3.02. The van der Waals surface area contributed by atoms with E-state index in [1.165, 1.54) is 0 Å². The first kappa shape index (κ1) is 9.78. The lowest BCUT2D eigenvalue weighted by molar-refractivity contribution is -0.139. The number of carboxylic acid groups (broad SMARTS) is 1. The highest BCUT2D eigenvalue weighted by Crippen LogP contribution is 2.03. The summed E-state index contributed by atoms with van der Waals surface area (Å²) < 4.78 is 0. The fourth-order valence-corrected chi connectivity index (χ4v) is 1.07. The summed E-state index contributed by atoms with van der Waals surface area (Å²) in [5, 5.41) is 17.2. The fourth-order valence-electron chi connectivity index (χ4n) is 0.558. The first-order valence-corrected chi connectivity index (χ1v) is 4.45. The molecular weight excluding hydrogens is 152 g/mol. The van der Waals surface area contributed by atoms with E-state index in [0.717, 1.165) is 5.75 Å². The van der Waals surface area contributed by atoms with Crippen LogP contribution >= 0.6 is 11.8 Å². The Labute approximate surface area is 64.4 Å². The van der Waals surface area contributed by atoms with Gasteiger partial charge in [0.1, 0.15) is 0 Å². The van der Waals surface area contributed by atoms with E-state index in [0.29, 0.717) is 6.42 Å². The van der Waals surface area contributed by atoms with Gasteiger partial charge in [-0.2, -0.15) is 11.8 Å². The summed E-state index contributed by atoms with van der Waals surface area (Å²) in [6.07, 6.45) is 1.67. The summed E-state index contributed by atoms with van der Waals surface area (Å²) in [4.78, 5) is 10.0. The number of aliphatic carboxylic acids is 1. The third-order valence-corrected chi connectivity index (χ3v) is 1.71. The molecule has 0 saturated carbocycles. The molecule has 1 unspecified atom stereocenters. The molecule has 0 fully saturated rings. The van der Waals surface area contributed by atoms with Gasteiger partial charge in [-0.05, 0) is 18.4 Å². The van der Waals surface area contributed by atoms with Gasteiger partial charge in [-0.25, -0.2) is 0 Å². The van der Waals surface area contributed by atoms with Crippen molar-refractivity contribution in [2.24, 2.45) is 0 Å². The minimum atomic E-state index is -0.936. The molecule has 1 atom stereocenters. The Bertz CT molecular complexity index is 105. The fraction of sp³-hybridized carbons (Fsp3) is 0.833. The van der Waals surface area contributed by atoms with Crippen molar-refractivity contribution in [1.29, 1.82) is 0 Å². The normalized spacial score (nSPS) is 13.0. The van der Waals surface area contributed by atoms with E-state index < -0.39 is 12.1 Å². The number of carboxylic acids is 1. The van der Waals surface area contributed by atoms with Crippen LogP contribution < -0.4 is 0 Å². The van der Waals surface area contributed by atoms with Gasteiger partial charge in [-0.1, -0.05) is 0 Å². The lowest BCUT2D eigenvalue weighted by atomic mass is 10.2. The zero-order valence-corrected chi connectivity index (χ0v) is 6.73. The molecule has 0 aromatic rings. The van der Waals surface area contributed by atoms with Gasteiger partial charge >= 0.3 is 5.97 Å². The first-order chi connectivity index (χ1) is 4.66. The molecule has 60 valence electrons. The number of aliphatic hydroxyl groups is 1. The van der Waals surface area contributed by atoms with E-state index in [1.807, 2.05) is 6.26 Å². The van der Waals surface area contributed by atoms with E-state index in [-0.39, 0.29) is 6.42 Å².